The Balaban J connectivity index is 1.88. The van der Waals surface area contributed by atoms with Gasteiger partial charge in [0.05, 0.1) is 18.5 Å². The Morgan fingerprint density at radius 3 is 1.73 bits per heavy atom. The molecule has 156 valence electrons. The molecule has 0 heterocycles. The van der Waals surface area contributed by atoms with Crippen molar-refractivity contribution in [2.75, 3.05) is 17.3 Å². The molecular formula is C25H28N2O3. The van der Waals surface area contributed by atoms with E-state index in [9.17, 15) is 4.79 Å². The Labute approximate surface area is 178 Å². The number of amides is 1. The highest BCUT2D eigenvalue weighted by Crippen LogP contribution is 2.30. The van der Waals surface area contributed by atoms with E-state index in [0.29, 0.717) is 11.4 Å². The number of nitrogens with one attached hydrogen (secondary N) is 1. The zero-order chi connectivity index (χ0) is 21.7. The Morgan fingerprint density at radius 1 is 0.800 bits per heavy atom. The highest BCUT2D eigenvalue weighted by atomic mass is 16.6. The van der Waals surface area contributed by atoms with Crippen molar-refractivity contribution >= 4 is 28.8 Å². The van der Waals surface area contributed by atoms with E-state index < -0.39 is 11.7 Å². The molecule has 0 fully saturated rings. The maximum atomic E-state index is 13.0. The molecule has 0 saturated carbocycles. The van der Waals surface area contributed by atoms with E-state index in [1.54, 1.807) is 12.0 Å². The number of methoxy groups -OCH3 is 1. The predicted octanol–water partition coefficient (Wildman–Crippen LogP) is 6.82. The van der Waals surface area contributed by atoms with Crippen molar-refractivity contribution in [3.8, 4) is 5.75 Å². The number of aryl methyl sites for hydroxylation is 1. The number of hydrogen-bond acceptors (Lipinski definition) is 4. The first-order valence-corrected chi connectivity index (χ1v) is 9.86. The summed E-state index contributed by atoms with van der Waals surface area (Å²) in [4.78, 5) is 14.5. The molecular weight excluding hydrogens is 376 g/mol. The quantitative estimate of drug-likeness (QED) is 0.507. The first-order chi connectivity index (χ1) is 14.2. The summed E-state index contributed by atoms with van der Waals surface area (Å²) in [6.07, 6.45) is -0.438. The van der Waals surface area contributed by atoms with E-state index >= 15 is 0 Å². The van der Waals surface area contributed by atoms with Gasteiger partial charge in [0.15, 0.2) is 0 Å². The first kappa shape index (κ1) is 21.2. The molecule has 0 radical (unpaired) electrons. The summed E-state index contributed by atoms with van der Waals surface area (Å²) >= 11 is 0. The van der Waals surface area contributed by atoms with Crippen LogP contribution in [0.25, 0.3) is 0 Å². The second kappa shape index (κ2) is 8.91. The normalized spacial score (nSPS) is 11.0. The zero-order valence-corrected chi connectivity index (χ0v) is 18.1. The number of carbonyl (C=O) groups is 1. The van der Waals surface area contributed by atoms with Gasteiger partial charge < -0.3 is 14.8 Å². The number of ether oxygens (including phenoxy) is 2. The molecule has 0 saturated heterocycles. The van der Waals surface area contributed by atoms with Crippen LogP contribution in [0.2, 0.25) is 0 Å². The minimum Gasteiger partial charge on any atom is -0.497 e. The molecule has 0 spiro atoms. The molecule has 3 aromatic rings. The third-order valence-corrected chi connectivity index (χ3v) is 4.37. The summed E-state index contributed by atoms with van der Waals surface area (Å²) in [6, 6.07) is 23.2. The van der Waals surface area contributed by atoms with Crippen molar-refractivity contribution in [2.24, 2.45) is 0 Å². The number of anilines is 4. The van der Waals surface area contributed by atoms with E-state index in [1.165, 1.54) is 5.56 Å². The molecule has 5 nitrogen and oxygen atoms in total. The molecule has 1 amide bonds. The fourth-order valence-corrected chi connectivity index (χ4v) is 2.90. The Morgan fingerprint density at radius 2 is 1.27 bits per heavy atom. The lowest BCUT2D eigenvalue weighted by Crippen LogP contribution is -2.33. The van der Waals surface area contributed by atoms with Crippen LogP contribution in [0.5, 0.6) is 5.75 Å². The largest absolute Gasteiger partial charge is 0.497 e. The minimum atomic E-state index is -0.602. The molecule has 0 aliphatic rings. The third kappa shape index (κ3) is 5.54. The van der Waals surface area contributed by atoms with Crippen LogP contribution in [0.15, 0.2) is 72.8 Å². The maximum Gasteiger partial charge on any atom is 0.419 e. The number of carbonyl (C=O) groups excluding carboxylic acids is 1. The number of rotatable bonds is 5. The van der Waals surface area contributed by atoms with Gasteiger partial charge in [-0.3, -0.25) is 0 Å². The van der Waals surface area contributed by atoms with E-state index in [1.807, 2.05) is 81.4 Å². The van der Waals surface area contributed by atoms with Crippen LogP contribution >= 0.6 is 0 Å². The molecule has 0 unspecified atom stereocenters. The van der Waals surface area contributed by atoms with Crippen LogP contribution in [-0.2, 0) is 4.74 Å². The van der Waals surface area contributed by atoms with Gasteiger partial charge in [-0.1, -0.05) is 17.7 Å². The van der Waals surface area contributed by atoms with Gasteiger partial charge in [0.25, 0.3) is 0 Å². The lowest BCUT2D eigenvalue weighted by molar-refractivity contribution is 0.0599. The molecule has 0 aromatic heterocycles. The zero-order valence-electron chi connectivity index (χ0n) is 18.1. The lowest BCUT2D eigenvalue weighted by atomic mass is 10.2. The standard InChI is InChI=1S/C25H28N2O3/c1-18-6-8-19(9-7-18)26-20-10-12-21(13-11-20)27(24(28)30-25(2,3)4)22-14-16-23(29-5)17-15-22/h6-17,26H,1-5H3. The van der Waals surface area contributed by atoms with Crippen LogP contribution in [0.4, 0.5) is 27.5 Å². The fraction of sp³-hybridized carbons (Fsp3) is 0.240. The summed E-state index contributed by atoms with van der Waals surface area (Å²) in [6.45, 7) is 7.62. The van der Waals surface area contributed by atoms with Crippen molar-refractivity contribution in [3.05, 3.63) is 78.4 Å². The van der Waals surface area contributed by atoms with Gasteiger partial charge in [-0.2, -0.15) is 0 Å². The van der Waals surface area contributed by atoms with Gasteiger partial charge >= 0.3 is 6.09 Å². The van der Waals surface area contributed by atoms with Gasteiger partial charge in [0.2, 0.25) is 0 Å². The van der Waals surface area contributed by atoms with Crippen LogP contribution in [0, 0.1) is 6.92 Å². The van der Waals surface area contributed by atoms with E-state index in [-0.39, 0.29) is 0 Å². The third-order valence-electron chi connectivity index (χ3n) is 4.37. The molecule has 3 aromatic carbocycles. The summed E-state index contributed by atoms with van der Waals surface area (Å²) in [5, 5.41) is 3.37. The Hall–Kier alpha value is -3.47. The lowest BCUT2D eigenvalue weighted by Gasteiger charge is -2.27. The van der Waals surface area contributed by atoms with Crippen molar-refractivity contribution in [1.29, 1.82) is 0 Å². The summed E-state index contributed by atoms with van der Waals surface area (Å²) in [5.74, 6) is 0.723. The van der Waals surface area contributed by atoms with E-state index in [0.717, 1.165) is 17.1 Å². The summed E-state index contributed by atoms with van der Waals surface area (Å²) in [5.41, 5.74) is 3.96. The van der Waals surface area contributed by atoms with Gasteiger partial charge in [-0.05, 0) is 88.4 Å². The summed E-state index contributed by atoms with van der Waals surface area (Å²) < 4.78 is 10.9. The van der Waals surface area contributed by atoms with Crippen molar-refractivity contribution in [3.63, 3.8) is 0 Å². The summed E-state index contributed by atoms with van der Waals surface area (Å²) in [7, 11) is 1.61. The van der Waals surface area contributed by atoms with Gasteiger partial charge in [0, 0.05) is 11.4 Å². The maximum absolute atomic E-state index is 13.0. The number of hydrogen-bond donors (Lipinski definition) is 1. The second-order valence-electron chi connectivity index (χ2n) is 8.05. The van der Waals surface area contributed by atoms with Crippen LogP contribution in [0.1, 0.15) is 26.3 Å². The van der Waals surface area contributed by atoms with Crippen LogP contribution < -0.4 is 15.0 Å². The highest BCUT2D eigenvalue weighted by Gasteiger charge is 2.25. The monoisotopic (exact) mass is 404 g/mol. The average Bonchev–Trinajstić information content (AvgIpc) is 2.70. The van der Waals surface area contributed by atoms with Crippen LogP contribution in [0.3, 0.4) is 0 Å². The smallest absolute Gasteiger partial charge is 0.419 e. The SMILES string of the molecule is COc1ccc(N(C(=O)OC(C)(C)C)c2ccc(Nc3ccc(C)cc3)cc2)cc1. The molecule has 0 aliphatic carbocycles. The first-order valence-electron chi connectivity index (χ1n) is 9.86. The van der Waals surface area contributed by atoms with Gasteiger partial charge in [0.1, 0.15) is 11.4 Å². The highest BCUT2D eigenvalue weighted by molar-refractivity contribution is 5.96. The van der Waals surface area contributed by atoms with Crippen molar-refractivity contribution in [1.82, 2.24) is 0 Å². The van der Waals surface area contributed by atoms with Crippen molar-refractivity contribution < 1.29 is 14.3 Å². The average molecular weight is 405 g/mol. The van der Waals surface area contributed by atoms with Crippen molar-refractivity contribution in [2.45, 2.75) is 33.3 Å². The molecule has 5 heteroatoms. The predicted molar refractivity (Wildman–Crippen MR) is 122 cm³/mol. The molecule has 0 atom stereocenters. The van der Waals surface area contributed by atoms with Gasteiger partial charge in [-0.15, -0.1) is 0 Å². The van der Waals surface area contributed by atoms with E-state index in [4.69, 9.17) is 9.47 Å². The molecule has 1 N–H and O–H groups in total. The van der Waals surface area contributed by atoms with E-state index in [2.05, 4.69) is 24.4 Å². The Kier molecular flexibility index (Phi) is 6.31. The molecule has 3 rings (SSSR count). The van der Waals surface area contributed by atoms with Gasteiger partial charge in [-0.25, -0.2) is 9.69 Å². The second-order valence-corrected chi connectivity index (χ2v) is 8.05. The molecule has 0 bridgehead atoms. The molecule has 0 aliphatic heterocycles. The minimum absolute atomic E-state index is 0.438. The van der Waals surface area contributed by atoms with Crippen LogP contribution in [-0.4, -0.2) is 18.8 Å². The fourth-order valence-electron chi connectivity index (χ4n) is 2.90. The Bertz CT molecular complexity index is 973. The topological polar surface area (TPSA) is 50.8 Å². The number of benzene rings is 3. The number of nitrogens with zero attached hydrogens (tertiary/aromatic N) is 1. The molecule has 30 heavy (non-hydrogen) atoms.